The topological polar surface area (TPSA) is 49.3 Å². The van der Waals surface area contributed by atoms with Crippen molar-refractivity contribution in [3.63, 3.8) is 0 Å². The molecule has 0 saturated carbocycles. The second-order valence-corrected chi connectivity index (χ2v) is 5.52. The molecule has 0 unspecified atom stereocenters. The van der Waals surface area contributed by atoms with Crippen LogP contribution < -0.4 is 5.32 Å². The summed E-state index contributed by atoms with van der Waals surface area (Å²) in [6, 6.07) is 18.3. The molecule has 3 nitrogen and oxygen atoms in total. The van der Waals surface area contributed by atoms with Gasteiger partial charge in [-0.1, -0.05) is 60.7 Å². The first kappa shape index (κ1) is 17.3. The number of carbonyl (C=O) groups excluding carboxylic acids is 1. The monoisotopic (exact) mass is 329 g/mol. The zero-order valence-electron chi connectivity index (χ0n) is 12.7. The molecule has 2 rings (SSSR count). The Labute approximate surface area is 141 Å². The summed E-state index contributed by atoms with van der Waals surface area (Å²) in [6.07, 6.45) is 3.03. The zero-order chi connectivity index (χ0) is 16.5. The van der Waals surface area contributed by atoms with Crippen LogP contribution in [0.25, 0.3) is 0 Å². The Hall–Kier alpha value is -2.10. The number of aliphatic hydroxyl groups excluding tert-OH is 1. The number of aliphatic hydroxyl groups is 1. The Balaban J connectivity index is 2.12. The molecule has 0 saturated heterocycles. The lowest BCUT2D eigenvalue weighted by atomic mass is 10.0. The van der Waals surface area contributed by atoms with Gasteiger partial charge >= 0.3 is 0 Å². The summed E-state index contributed by atoms with van der Waals surface area (Å²) in [5, 5.41) is 13.2. The molecule has 23 heavy (non-hydrogen) atoms. The largest absolute Gasteiger partial charge is 0.387 e. The first-order chi connectivity index (χ1) is 11.2. The highest BCUT2D eigenvalue weighted by atomic mass is 35.5. The minimum absolute atomic E-state index is 0.204. The number of hydrogen-bond acceptors (Lipinski definition) is 2. The van der Waals surface area contributed by atoms with Crippen LogP contribution in [0.1, 0.15) is 15.9 Å². The van der Waals surface area contributed by atoms with E-state index >= 15 is 0 Å². The number of allylic oxidation sites excluding steroid dienone is 1. The van der Waals surface area contributed by atoms with E-state index in [0.717, 1.165) is 5.56 Å². The van der Waals surface area contributed by atoms with Crippen LogP contribution in [0.3, 0.4) is 0 Å². The summed E-state index contributed by atoms with van der Waals surface area (Å²) >= 11 is 5.63. The lowest BCUT2D eigenvalue weighted by Gasteiger charge is -2.22. The van der Waals surface area contributed by atoms with E-state index in [1.165, 1.54) is 0 Å². The van der Waals surface area contributed by atoms with Gasteiger partial charge in [0.25, 0.3) is 5.91 Å². The van der Waals surface area contributed by atoms with Gasteiger partial charge in [0, 0.05) is 11.4 Å². The van der Waals surface area contributed by atoms with E-state index in [2.05, 4.69) is 5.32 Å². The summed E-state index contributed by atoms with van der Waals surface area (Å²) in [4.78, 5) is 12.4. The molecule has 2 aromatic rings. The molecule has 2 N–H and O–H groups in total. The average Bonchev–Trinajstić information content (AvgIpc) is 2.60. The molecule has 4 heteroatoms. The van der Waals surface area contributed by atoms with Gasteiger partial charge in [-0.25, -0.2) is 0 Å². The molecule has 0 bridgehead atoms. The Bertz CT molecular complexity index is 628. The number of amides is 1. The van der Waals surface area contributed by atoms with Gasteiger partial charge in [0.15, 0.2) is 0 Å². The normalized spacial score (nSPS) is 13.7. The number of hydrogen-bond donors (Lipinski definition) is 2. The van der Waals surface area contributed by atoms with E-state index in [-0.39, 0.29) is 5.91 Å². The van der Waals surface area contributed by atoms with Gasteiger partial charge in [-0.2, -0.15) is 0 Å². The Kier molecular flexibility index (Phi) is 6.85. The summed E-state index contributed by atoms with van der Waals surface area (Å²) in [7, 11) is 0. The van der Waals surface area contributed by atoms with E-state index in [4.69, 9.17) is 11.6 Å². The second-order valence-electron chi connectivity index (χ2n) is 5.21. The maximum absolute atomic E-state index is 12.4. The fourth-order valence-corrected chi connectivity index (χ4v) is 2.39. The van der Waals surface area contributed by atoms with Gasteiger partial charge in [0.1, 0.15) is 0 Å². The summed E-state index contributed by atoms with van der Waals surface area (Å²) in [6.45, 7) is 0. The fourth-order valence-electron chi connectivity index (χ4n) is 2.29. The van der Waals surface area contributed by atoms with Crippen molar-refractivity contribution >= 4 is 17.5 Å². The Morgan fingerprint density at radius 2 is 1.70 bits per heavy atom. The van der Waals surface area contributed by atoms with Crippen molar-refractivity contribution in [1.29, 1.82) is 0 Å². The minimum Gasteiger partial charge on any atom is -0.387 e. The number of halogens is 1. The molecule has 1 amide bonds. The van der Waals surface area contributed by atoms with Crippen LogP contribution in [0.15, 0.2) is 72.8 Å². The predicted molar refractivity (Wildman–Crippen MR) is 93.7 cm³/mol. The van der Waals surface area contributed by atoms with Crippen LogP contribution in [0, 0.1) is 0 Å². The highest BCUT2D eigenvalue weighted by Crippen LogP contribution is 2.09. The number of nitrogens with one attached hydrogen (secondary N) is 1. The van der Waals surface area contributed by atoms with Gasteiger partial charge in [0.05, 0.1) is 12.1 Å². The van der Waals surface area contributed by atoms with E-state index in [9.17, 15) is 9.90 Å². The first-order valence-corrected chi connectivity index (χ1v) is 8.04. The lowest BCUT2D eigenvalue weighted by Crippen LogP contribution is -2.44. The SMILES string of the molecule is O=C(N[C@@H](Cc1ccccc1)[C@@H](O)/C=C/CCl)c1ccccc1. The highest BCUT2D eigenvalue weighted by molar-refractivity contribution is 6.18. The van der Waals surface area contributed by atoms with Crippen LogP contribution >= 0.6 is 11.6 Å². The first-order valence-electron chi connectivity index (χ1n) is 7.51. The van der Waals surface area contributed by atoms with Crippen LogP contribution in [0.5, 0.6) is 0 Å². The van der Waals surface area contributed by atoms with Gasteiger partial charge in [-0.05, 0) is 24.1 Å². The third-order valence-corrected chi connectivity index (χ3v) is 3.66. The van der Waals surface area contributed by atoms with Gasteiger partial charge < -0.3 is 10.4 Å². The van der Waals surface area contributed by atoms with E-state index in [0.29, 0.717) is 17.9 Å². The van der Waals surface area contributed by atoms with Crippen molar-refractivity contribution in [2.75, 3.05) is 5.88 Å². The van der Waals surface area contributed by atoms with Crippen LogP contribution in [-0.4, -0.2) is 29.0 Å². The summed E-state index contributed by atoms with van der Waals surface area (Å²) in [5.41, 5.74) is 1.61. The van der Waals surface area contributed by atoms with Crippen molar-refractivity contribution in [3.05, 3.63) is 83.9 Å². The molecular weight excluding hydrogens is 310 g/mol. The number of rotatable bonds is 7. The predicted octanol–water partition coefficient (Wildman–Crippen LogP) is 3.18. The minimum atomic E-state index is -0.804. The molecule has 120 valence electrons. The highest BCUT2D eigenvalue weighted by Gasteiger charge is 2.20. The third-order valence-electron chi connectivity index (χ3n) is 3.49. The van der Waals surface area contributed by atoms with Crippen molar-refractivity contribution in [2.45, 2.75) is 18.6 Å². The zero-order valence-corrected chi connectivity index (χ0v) is 13.5. The van der Waals surface area contributed by atoms with Gasteiger partial charge in [0.2, 0.25) is 0 Å². The van der Waals surface area contributed by atoms with Crippen LogP contribution in [-0.2, 0) is 6.42 Å². The Morgan fingerprint density at radius 3 is 2.30 bits per heavy atom. The number of benzene rings is 2. The fraction of sp³-hybridized carbons (Fsp3) is 0.211. The summed E-state index contributed by atoms with van der Waals surface area (Å²) in [5.74, 6) is 0.117. The molecule has 0 aliphatic heterocycles. The molecular formula is C19H20ClNO2. The third kappa shape index (κ3) is 5.55. The molecule has 2 atom stereocenters. The van der Waals surface area contributed by atoms with Crippen LogP contribution in [0.4, 0.5) is 0 Å². The smallest absolute Gasteiger partial charge is 0.251 e. The maximum Gasteiger partial charge on any atom is 0.251 e. The molecule has 0 aliphatic carbocycles. The molecule has 0 radical (unpaired) electrons. The lowest BCUT2D eigenvalue weighted by molar-refractivity contribution is 0.0884. The van der Waals surface area contributed by atoms with Crippen LogP contribution in [0.2, 0.25) is 0 Å². The van der Waals surface area contributed by atoms with Crippen molar-refractivity contribution in [2.24, 2.45) is 0 Å². The van der Waals surface area contributed by atoms with Crippen molar-refractivity contribution in [1.82, 2.24) is 5.32 Å². The van der Waals surface area contributed by atoms with Crippen molar-refractivity contribution in [3.8, 4) is 0 Å². The molecule has 2 aromatic carbocycles. The van der Waals surface area contributed by atoms with Gasteiger partial charge in [-0.3, -0.25) is 4.79 Å². The van der Waals surface area contributed by atoms with E-state index < -0.39 is 12.1 Å². The van der Waals surface area contributed by atoms with E-state index in [1.807, 2.05) is 48.5 Å². The van der Waals surface area contributed by atoms with Crippen molar-refractivity contribution < 1.29 is 9.90 Å². The molecule has 0 fully saturated rings. The average molecular weight is 330 g/mol. The standard InChI is InChI=1S/C19H20ClNO2/c20-13-7-12-18(22)17(14-15-8-3-1-4-9-15)21-19(23)16-10-5-2-6-11-16/h1-12,17-18,22H,13-14H2,(H,21,23)/b12-7+/t17-,18-/m0/s1. The molecule has 0 aromatic heterocycles. The second kappa shape index (κ2) is 9.13. The number of alkyl halides is 1. The Morgan fingerprint density at radius 1 is 1.09 bits per heavy atom. The number of carbonyl (C=O) groups is 1. The molecule has 0 aliphatic rings. The quantitative estimate of drug-likeness (QED) is 0.605. The maximum atomic E-state index is 12.4. The van der Waals surface area contributed by atoms with E-state index in [1.54, 1.807) is 24.3 Å². The molecule has 0 spiro atoms. The summed E-state index contributed by atoms with van der Waals surface area (Å²) < 4.78 is 0. The van der Waals surface area contributed by atoms with Gasteiger partial charge in [-0.15, -0.1) is 11.6 Å². The molecule has 0 heterocycles.